The fourth-order valence-corrected chi connectivity index (χ4v) is 1.30. The van der Waals surface area contributed by atoms with Crippen molar-refractivity contribution in [3.63, 3.8) is 0 Å². The first kappa shape index (κ1) is 23.0. The van der Waals surface area contributed by atoms with Gasteiger partial charge in [0.2, 0.25) is 0 Å². The van der Waals surface area contributed by atoms with Gasteiger partial charge in [-0.05, 0) is 32.4 Å². The summed E-state index contributed by atoms with van der Waals surface area (Å²) in [6, 6.07) is -0.761. The molecule has 0 aliphatic rings. The molecule has 0 aromatic rings. The minimum Gasteiger partial charge on any atom is -0.480 e. The van der Waals surface area contributed by atoms with Crippen molar-refractivity contribution in [2.24, 2.45) is 11.5 Å². The Labute approximate surface area is 120 Å². The third-order valence-electron chi connectivity index (χ3n) is 2.32. The minimum absolute atomic E-state index is 0. The van der Waals surface area contributed by atoms with Crippen LogP contribution in [-0.4, -0.2) is 48.0 Å². The van der Waals surface area contributed by atoms with Crippen LogP contribution in [0.15, 0.2) is 0 Å². The number of aliphatic hydroxyl groups excluding tert-OH is 1. The molecular weight excluding hydrogens is 281 g/mol. The normalized spacial score (nSPS) is 13.1. The average Bonchev–Trinajstić information content (AvgIpc) is 2.23. The van der Waals surface area contributed by atoms with Crippen LogP contribution in [-0.2, 0) is 4.79 Å². The maximum Gasteiger partial charge on any atom is 0.320 e. The van der Waals surface area contributed by atoms with Crippen molar-refractivity contribution in [1.82, 2.24) is 5.32 Å². The summed E-state index contributed by atoms with van der Waals surface area (Å²) in [5, 5.41) is 20.9. The van der Waals surface area contributed by atoms with Crippen molar-refractivity contribution < 1.29 is 15.0 Å². The van der Waals surface area contributed by atoms with Gasteiger partial charge in [0.15, 0.2) is 0 Å². The second-order valence-electron chi connectivity index (χ2n) is 3.88. The highest BCUT2D eigenvalue weighted by Gasteiger charge is 2.09. The molecule has 0 unspecified atom stereocenters. The Bertz CT molecular complexity index is 199. The van der Waals surface area contributed by atoms with E-state index in [0.717, 1.165) is 19.4 Å². The van der Waals surface area contributed by atoms with Gasteiger partial charge in [-0.3, -0.25) is 4.79 Å². The van der Waals surface area contributed by atoms with Crippen molar-refractivity contribution in [3.05, 3.63) is 0 Å². The van der Waals surface area contributed by atoms with Crippen LogP contribution >= 0.6 is 24.8 Å². The Morgan fingerprint density at radius 1 is 1.22 bits per heavy atom. The van der Waals surface area contributed by atoms with E-state index in [1.807, 2.05) is 0 Å². The molecule has 2 atom stereocenters. The summed E-state index contributed by atoms with van der Waals surface area (Å²) in [4.78, 5) is 10.4. The first-order valence-electron chi connectivity index (χ1n) is 5.65. The molecule has 112 valence electrons. The van der Waals surface area contributed by atoms with Crippen LogP contribution < -0.4 is 16.8 Å². The molecule has 0 fully saturated rings. The fraction of sp³-hybridized carbons (Fsp3) is 0.900. The number of carbonyl (C=O) groups is 1. The van der Waals surface area contributed by atoms with Gasteiger partial charge in [-0.15, -0.1) is 24.8 Å². The van der Waals surface area contributed by atoms with E-state index in [1.165, 1.54) is 0 Å². The van der Waals surface area contributed by atoms with Gasteiger partial charge in [0.25, 0.3) is 0 Å². The number of aliphatic hydroxyl groups is 1. The Kier molecular flexibility index (Phi) is 19.1. The number of halogens is 2. The van der Waals surface area contributed by atoms with Gasteiger partial charge in [-0.25, -0.2) is 0 Å². The van der Waals surface area contributed by atoms with Crippen LogP contribution in [0.1, 0.15) is 25.7 Å². The van der Waals surface area contributed by atoms with Crippen molar-refractivity contribution in [1.29, 1.82) is 0 Å². The molecule has 0 aliphatic heterocycles. The first-order valence-corrected chi connectivity index (χ1v) is 5.65. The van der Waals surface area contributed by atoms with Gasteiger partial charge in [-0.2, -0.15) is 0 Å². The van der Waals surface area contributed by atoms with Crippen LogP contribution in [0.25, 0.3) is 0 Å². The lowest BCUT2D eigenvalue weighted by molar-refractivity contribution is -0.138. The predicted octanol–water partition coefficient (Wildman–Crippen LogP) is -0.288. The van der Waals surface area contributed by atoms with Crippen LogP contribution in [0.4, 0.5) is 0 Å². The second kappa shape index (κ2) is 14.9. The zero-order valence-corrected chi connectivity index (χ0v) is 12.0. The Balaban J connectivity index is -0.00000112. The number of carboxylic acids is 1. The molecule has 0 bridgehead atoms. The molecule has 6 nitrogen and oxygen atoms in total. The van der Waals surface area contributed by atoms with Gasteiger partial charge in [0.1, 0.15) is 6.04 Å². The Morgan fingerprint density at radius 3 is 2.33 bits per heavy atom. The third kappa shape index (κ3) is 14.0. The molecule has 18 heavy (non-hydrogen) atoms. The molecule has 0 aromatic carbocycles. The highest BCUT2D eigenvalue weighted by molar-refractivity contribution is 5.85. The van der Waals surface area contributed by atoms with Gasteiger partial charge in [0, 0.05) is 6.54 Å². The third-order valence-corrected chi connectivity index (χ3v) is 2.32. The number of hydrogen-bond acceptors (Lipinski definition) is 5. The highest BCUT2D eigenvalue weighted by atomic mass is 35.5. The number of nitrogens with two attached hydrogens (primary N) is 2. The highest BCUT2D eigenvalue weighted by Crippen LogP contribution is 1.98. The summed E-state index contributed by atoms with van der Waals surface area (Å²) in [5.74, 6) is -0.952. The molecule has 0 heterocycles. The van der Waals surface area contributed by atoms with Crippen LogP contribution in [0.5, 0.6) is 0 Å². The van der Waals surface area contributed by atoms with E-state index in [4.69, 9.17) is 16.6 Å². The summed E-state index contributed by atoms with van der Waals surface area (Å²) in [6.07, 6.45) is 2.31. The molecule has 0 amide bonds. The van der Waals surface area contributed by atoms with Gasteiger partial charge in [-0.1, -0.05) is 6.42 Å². The van der Waals surface area contributed by atoms with Gasteiger partial charge >= 0.3 is 5.97 Å². The number of nitrogens with one attached hydrogen (secondary N) is 1. The molecule has 0 radical (unpaired) electrons. The topological polar surface area (TPSA) is 122 Å². The summed E-state index contributed by atoms with van der Waals surface area (Å²) < 4.78 is 0. The van der Waals surface area contributed by atoms with Gasteiger partial charge in [0.05, 0.1) is 6.10 Å². The quantitative estimate of drug-likeness (QED) is 0.354. The van der Waals surface area contributed by atoms with Crippen LogP contribution in [0.3, 0.4) is 0 Å². The zero-order valence-electron chi connectivity index (χ0n) is 10.4. The van der Waals surface area contributed by atoms with Crippen molar-refractivity contribution in [2.45, 2.75) is 37.8 Å². The van der Waals surface area contributed by atoms with Crippen LogP contribution in [0.2, 0.25) is 0 Å². The van der Waals surface area contributed by atoms with Crippen LogP contribution in [0, 0.1) is 0 Å². The second-order valence-corrected chi connectivity index (χ2v) is 3.88. The van der Waals surface area contributed by atoms with E-state index < -0.39 is 18.1 Å². The van der Waals surface area contributed by atoms with E-state index >= 15 is 0 Å². The summed E-state index contributed by atoms with van der Waals surface area (Å²) in [7, 11) is 0. The molecule has 0 aromatic heterocycles. The Hall–Kier alpha value is -0.110. The molecule has 0 spiro atoms. The maximum atomic E-state index is 10.4. The number of hydrogen-bond donors (Lipinski definition) is 5. The number of aliphatic carboxylic acids is 1. The lowest BCUT2D eigenvalue weighted by Gasteiger charge is -2.10. The minimum atomic E-state index is -0.952. The largest absolute Gasteiger partial charge is 0.480 e. The monoisotopic (exact) mass is 305 g/mol. The molecule has 0 saturated heterocycles. The van der Waals surface area contributed by atoms with Crippen molar-refractivity contribution in [3.8, 4) is 0 Å². The SMILES string of the molecule is Cl.Cl.NCC[C@@H](O)CNCCCC[C@H](N)C(=O)O. The van der Waals surface area contributed by atoms with Crippen molar-refractivity contribution in [2.75, 3.05) is 19.6 Å². The molecule has 7 N–H and O–H groups in total. The van der Waals surface area contributed by atoms with E-state index in [9.17, 15) is 9.90 Å². The zero-order chi connectivity index (χ0) is 12.4. The number of carboxylic acid groups (broad SMARTS) is 1. The number of rotatable bonds is 10. The lowest BCUT2D eigenvalue weighted by Crippen LogP contribution is -2.31. The van der Waals surface area contributed by atoms with E-state index in [1.54, 1.807) is 0 Å². The average molecular weight is 306 g/mol. The van der Waals surface area contributed by atoms with E-state index in [-0.39, 0.29) is 24.8 Å². The summed E-state index contributed by atoms with van der Waals surface area (Å²) in [5.41, 5.74) is 10.6. The summed E-state index contributed by atoms with van der Waals surface area (Å²) in [6.45, 7) is 1.77. The standard InChI is InChI=1S/C10H23N3O3.2ClH/c11-5-4-8(14)7-13-6-2-1-3-9(12)10(15)16;;/h8-9,13-14H,1-7,11-12H2,(H,15,16);2*1H/t8-,9+;;/m1../s1. The van der Waals surface area contributed by atoms with E-state index in [2.05, 4.69) is 5.32 Å². The summed E-state index contributed by atoms with van der Waals surface area (Å²) >= 11 is 0. The fourth-order valence-electron chi connectivity index (χ4n) is 1.30. The maximum absolute atomic E-state index is 10.4. The van der Waals surface area contributed by atoms with Crippen molar-refractivity contribution >= 4 is 30.8 Å². The first-order chi connectivity index (χ1) is 7.57. The molecular formula is C10H25Cl2N3O3. The molecule has 0 saturated carbocycles. The van der Waals surface area contributed by atoms with Gasteiger partial charge < -0.3 is 27.0 Å². The van der Waals surface area contributed by atoms with E-state index in [0.29, 0.717) is 25.9 Å². The lowest BCUT2D eigenvalue weighted by atomic mass is 10.1. The molecule has 8 heteroatoms. The Morgan fingerprint density at radius 2 is 1.83 bits per heavy atom. The molecule has 0 aliphatic carbocycles. The number of unbranched alkanes of at least 4 members (excludes halogenated alkanes) is 1. The predicted molar refractivity (Wildman–Crippen MR) is 76.5 cm³/mol. The molecule has 0 rings (SSSR count). The smallest absolute Gasteiger partial charge is 0.320 e.